The molecule has 0 aromatic rings. The zero-order chi connectivity index (χ0) is 16.8. The zero-order valence-electron chi connectivity index (χ0n) is 14.6. The van der Waals surface area contributed by atoms with Crippen LogP contribution in [0.15, 0.2) is 5.16 Å². The van der Waals surface area contributed by atoms with E-state index in [9.17, 15) is 4.79 Å². The Morgan fingerprint density at radius 2 is 1.96 bits per heavy atom. The maximum atomic E-state index is 12.3. The van der Waals surface area contributed by atoms with Crippen molar-refractivity contribution in [2.24, 2.45) is 28.6 Å². The molecule has 1 aliphatic carbocycles. The van der Waals surface area contributed by atoms with Crippen LogP contribution in [0.1, 0.15) is 52.9 Å². The topological polar surface area (TPSA) is 85.9 Å². The van der Waals surface area contributed by atoms with E-state index in [1.54, 1.807) is 6.92 Å². The second kappa shape index (κ2) is 8.52. The summed E-state index contributed by atoms with van der Waals surface area (Å²) in [5.74, 6) is 1.69. The summed E-state index contributed by atoms with van der Waals surface area (Å²) in [6.45, 7) is 7.58. The summed E-state index contributed by atoms with van der Waals surface area (Å²) in [4.78, 5) is 17.6. The molecule has 0 aromatic heterocycles. The molecule has 1 aliphatic heterocycles. The van der Waals surface area contributed by atoms with Crippen molar-refractivity contribution in [3.05, 3.63) is 0 Å². The lowest BCUT2D eigenvalue weighted by molar-refractivity contribution is -0.133. The second-order valence-electron chi connectivity index (χ2n) is 7.03. The van der Waals surface area contributed by atoms with Crippen molar-refractivity contribution >= 4 is 11.7 Å². The fourth-order valence-electron chi connectivity index (χ4n) is 3.34. The predicted molar refractivity (Wildman–Crippen MR) is 89.8 cm³/mol. The van der Waals surface area contributed by atoms with Gasteiger partial charge in [-0.2, -0.15) is 0 Å². The minimum absolute atomic E-state index is 0.112. The summed E-state index contributed by atoms with van der Waals surface area (Å²) < 4.78 is 5.30. The molecule has 0 aromatic carbocycles. The number of rotatable bonds is 5. The van der Waals surface area contributed by atoms with Crippen LogP contribution in [0, 0.1) is 17.8 Å². The van der Waals surface area contributed by atoms with Crippen molar-refractivity contribution in [3.8, 4) is 0 Å². The molecular weight excluding hydrogens is 294 g/mol. The smallest absolute Gasteiger partial charge is 0.263 e. The first kappa shape index (κ1) is 18.0. The van der Waals surface area contributed by atoms with Gasteiger partial charge in [-0.05, 0) is 38.0 Å². The van der Waals surface area contributed by atoms with E-state index in [0.717, 1.165) is 19.3 Å². The average molecular weight is 325 g/mol. The third-order valence-corrected chi connectivity index (χ3v) is 5.36. The average Bonchev–Trinajstić information content (AvgIpc) is 2.57. The fraction of sp³-hybridized carbons (Fsp3) is 0.882. The first-order chi connectivity index (χ1) is 11.0. The van der Waals surface area contributed by atoms with Gasteiger partial charge >= 0.3 is 0 Å². The molecule has 2 rings (SSSR count). The Morgan fingerprint density at radius 3 is 2.65 bits per heavy atom. The number of carbonyl (C=O) groups is 1. The van der Waals surface area contributed by atoms with Crippen LogP contribution in [0.25, 0.3) is 0 Å². The van der Waals surface area contributed by atoms with Crippen LogP contribution >= 0.6 is 0 Å². The number of amidine groups is 1. The van der Waals surface area contributed by atoms with Crippen LogP contribution < -0.4 is 11.1 Å². The monoisotopic (exact) mass is 325 g/mol. The first-order valence-electron chi connectivity index (χ1n) is 8.86. The number of nitrogens with one attached hydrogen (secondary N) is 1. The van der Waals surface area contributed by atoms with E-state index >= 15 is 0 Å². The molecule has 6 nitrogen and oxygen atoms in total. The fourth-order valence-corrected chi connectivity index (χ4v) is 3.34. The third kappa shape index (κ3) is 5.09. The van der Waals surface area contributed by atoms with Gasteiger partial charge in [0.1, 0.15) is 5.84 Å². The number of hydrogen-bond acceptors (Lipinski definition) is 4. The molecule has 0 unspecified atom stereocenters. The molecule has 4 atom stereocenters. The number of oxime groups is 1. The maximum Gasteiger partial charge on any atom is 0.263 e. The lowest BCUT2D eigenvalue weighted by Gasteiger charge is -2.35. The number of amides is 1. The van der Waals surface area contributed by atoms with Gasteiger partial charge in [0.05, 0.1) is 0 Å². The lowest BCUT2D eigenvalue weighted by atomic mass is 9.78. The summed E-state index contributed by atoms with van der Waals surface area (Å²) in [5, 5.41) is 7.08. The Morgan fingerprint density at radius 1 is 1.26 bits per heavy atom. The molecule has 6 heteroatoms. The SMILES string of the molecule is C[C@H]1[C@H](C)CCC[C@H]1NC(=O)[C@H](C)O/N=C(/N)C1CCOCC1. The van der Waals surface area contributed by atoms with Crippen LogP contribution in [0.4, 0.5) is 0 Å². The van der Waals surface area contributed by atoms with Gasteiger partial charge in [0.2, 0.25) is 6.10 Å². The minimum Gasteiger partial charge on any atom is -0.384 e. The molecule has 23 heavy (non-hydrogen) atoms. The van der Waals surface area contributed by atoms with E-state index in [2.05, 4.69) is 24.3 Å². The number of ether oxygens (including phenoxy) is 1. The molecule has 1 saturated carbocycles. The Labute approximate surface area is 139 Å². The molecule has 1 amide bonds. The summed E-state index contributed by atoms with van der Waals surface area (Å²) in [7, 11) is 0. The molecule has 3 N–H and O–H groups in total. The van der Waals surface area contributed by atoms with Gasteiger partial charge in [-0.1, -0.05) is 31.8 Å². The molecule has 0 radical (unpaired) electrons. The van der Waals surface area contributed by atoms with E-state index in [-0.39, 0.29) is 17.9 Å². The van der Waals surface area contributed by atoms with Crippen molar-refractivity contribution < 1.29 is 14.4 Å². The quantitative estimate of drug-likeness (QED) is 0.460. The summed E-state index contributed by atoms with van der Waals surface area (Å²) >= 11 is 0. The molecule has 132 valence electrons. The number of nitrogens with zero attached hydrogens (tertiary/aromatic N) is 1. The van der Waals surface area contributed by atoms with Gasteiger partial charge < -0.3 is 20.6 Å². The molecule has 2 fully saturated rings. The Hall–Kier alpha value is -1.30. The Balaban J connectivity index is 1.80. The van der Waals surface area contributed by atoms with Gasteiger partial charge in [-0.3, -0.25) is 4.79 Å². The summed E-state index contributed by atoms with van der Waals surface area (Å²) in [6.07, 6.45) is 4.54. The second-order valence-corrected chi connectivity index (χ2v) is 7.03. The van der Waals surface area contributed by atoms with E-state index in [4.69, 9.17) is 15.3 Å². The largest absolute Gasteiger partial charge is 0.384 e. The van der Waals surface area contributed by atoms with Crippen LogP contribution in [-0.4, -0.2) is 37.1 Å². The predicted octanol–water partition coefficient (Wildman–Crippen LogP) is 2.03. The van der Waals surface area contributed by atoms with Gasteiger partial charge in [0.25, 0.3) is 5.91 Å². The van der Waals surface area contributed by atoms with E-state index in [1.807, 2.05) is 0 Å². The highest BCUT2D eigenvalue weighted by molar-refractivity contribution is 5.83. The van der Waals surface area contributed by atoms with Crippen molar-refractivity contribution in [2.45, 2.75) is 65.0 Å². The zero-order valence-corrected chi connectivity index (χ0v) is 14.6. The standard InChI is InChI=1S/C17H31N3O3/c1-11-5-4-6-15(12(11)2)19-17(21)13(3)23-20-16(18)14-7-9-22-10-8-14/h11-15H,4-10H2,1-3H3,(H2,18,20)(H,19,21)/t11-,12+,13+,15-/m1/s1. The van der Waals surface area contributed by atoms with Gasteiger partial charge in [-0.15, -0.1) is 0 Å². The van der Waals surface area contributed by atoms with Gasteiger partial charge in [-0.25, -0.2) is 0 Å². The van der Waals surface area contributed by atoms with Crippen molar-refractivity contribution in [3.63, 3.8) is 0 Å². The normalized spacial score (nSPS) is 31.4. The summed E-state index contributed by atoms with van der Waals surface area (Å²) in [5.41, 5.74) is 5.96. The first-order valence-corrected chi connectivity index (χ1v) is 8.86. The highest BCUT2D eigenvalue weighted by Gasteiger charge is 2.29. The maximum absolute atomic E-state index is 12.3. The molecule has 2 aliphatic rings. The van der Waals surface area contributed by atoms with E-state index < -0.39 is 6.10 Å². The van der Waals surface area contributed by atoms with Gasteiger partial charge in [0.15, 0.2) is 0 Å². The van der Waals surface area contributed by atoms with Crippen LogP contribution in [0.2, 0.25) is 0 Å². The van der Waals surface area contributed by atoms with Crippen molar-refractivity contribution in [1.82, 2.24) is 5.32 Å². The minimum atomic E-state index is -0.627. The Bertz CT molecular complexity index is 421. The van der Waals surface area contributed by atoms with Crippen LogP contribution in [-0.2, 0) is 14.4 Å². The lowest BCUT2D eigenvalue weighted by Crippen LogP contribution is -2.47. The molecule has 0 bridgehead atoms. The highest BCUT2D eigenvalue weighted by Crippen LogP contribution is 2.29. The van der Waals surface area contributed by atoms with Crippen molar-refractivity contribution in [1.29, 1.82) is 0 Å². The molecular formula is C17H31N3O3. The van der Waals surface area contributed by atoms with Gasteiger partial charge in [0, 0.05) is 25.2 Å². The third-order valence-electron chi connectivity index (χ3n) is 5.36. The highest BCUT2D eigenvalue weighted by atomic mass is 16.6. The van der Waals surface area contributed by atoms with Crippen molar-refractivity contribution in [2.75, 3.05) is 13.2 Å². The molecule has 0 spiro atoms. The summed E-state index contributed by atoms with van der Waals surface area (Å²) in [6, 6.07) is 0.231. The molecule has 1 heterocycles. The Kier molecular flexibility index (Phi) is 6.69. The molecule has 1 saturated heterocycles. The van der Waals surface area contributed by atoms with Crippen LogP contribution in [0.5, 0.6) is 0 Å². The number of carbonyl (C=O) groups excluding carboxylic acids is 1. The van der Waals surface area contributed by atoms with E-state index in [1.165, 1.54) is 12.8 Å². The number of hydrogen-bond donors (Lipinski definition) is 2. The number of nitrogens with two attached hydrogens (primary N) is 1. The van der Waals surface area contributed by atoms with Crippen LogP contribution in [0.3, 0.4) is 0 Å². The van der Waals surface area contributed by atoms with E-state index in [0.29, 0.717) is 30.9 Å².